The van der Waals surface area contributed by atoms with Crippen molar-refractivity contribution in [3.05, 3.63) is 76.2 Å². The van der Waals surface area contributed by atoms with Crippen molar-refractivity contribution in [2.24, 2.45) is 0 Å². The minimum atomic E-state index is -0.458. The zero-order valence-corrected chi connectivity index (χ0v) is 9.35. The van der Waals surface area contributed by atoms with E-state index in [9.17, 15) is 4.79 Å². The van der Waals surface area contributed by atoms with E-state index in [2.05, 4.69) is 0 Å². The van der Waals surface area contributed by atoms with Crippen LogP contribution in [0.5, 0.6) is 0 Å². The van der Waals surface area contributed by atoms with E-state index in [0.717, 1.165) is 0 Å². The SMILES string of the molecule is [2H]c1c([2H])c([2H])c(C2=CC(=O)c3cc(Cl)ccc32)c([2H])c1[2H]. The second-order valence-corrected chi connectivity index (χ2v) is 4.05. The Balaban J connectivity index is 2.32. The van der Waals surface area contributed by atoms with Gasteiger partial charge in [-0.15, -0.1) is 0 Å². The van der Waals surface area contributed by atoms with E-state index in [1.165, 1.54) is 12.1 Å². The van der Waals surface area contributed by atoms with E-state index in [-0.39, 0.29) is 23.4 Å². The minimum Gasteiger partial charge on any atom is -0.289 e. The summed E-state index contributed by atoms with van der Waals surface area (Å²) >= 11 is 5.88. The third-order valence-corrected chi connectivity index (χ3v) is 2.82. The summed E-state index contributed by atoms with van der Waals surface area (Å²) in [5.41, 5.74) is 1.25. The first-order valence-corrected chi connectivity index (χ1v) is 5.34. The van der Waals surface area contributed by atoms with E-state index in [1.54, 1.807) is 12.1 Å². The standard InChI is InChI=1S/C15H9ClO/c16-11-6-7-12-13(9-15(17)14(12)8-11)10-4-2-1-3-5-10/h1-9H/i1D,2D,3D,4D,5D. The lowest BCUT2D eigenvalue weighted by molar-refractivity contribution is 0.105. The van der Waals surface area contributed by atoms with Gasteiger partial charge in [0.2, 0.25) is 0 Å². The molecule has 0 saturated carbocycles. The molecule has 0 unspecified atom stereocenters. The number of ketones is 1. The van der Waals surface area contributed by atoms with Crippen molar-refractivity contribution in [2.45, 2.75) is 0 Å². The zero-order chi connectivity index (χ0) is 16.2. The molecule has 2 heteroatoms. The first kappa shape index (κ1) is 6.18. The summed E-state index contributed by atoms with van der Waals surface area (Å²) in [6.07, 6.45) is 1.29. The number of allylic oxidation sites excluding steroid dienone is 1. The normalized spacial score (nSPS) is 17.6. The van der Waals surface area contributed by atoms with Crippen molar-refractivity contribution < 1.29 is 11.6 Å². The molecule has 0 radical (unpaired) electrons. The third kappa shape index (κ3) is 1.69. The van der Waals surface area contributed by atoms with E-state index < -0.39 is 18.1 Å². The summed E-state index contributed by atoms with van der Waals surface area (Å²) in [7, 11) is 0. The van der Waals surface area contributed by atoms with Crippen molar-refractivity contribution in [3.8, 4) is 0 Å². The summed E-state index contributed by atoms with van der Waals surface area (Å²) in [5, 5.41) is 0.405. The molecular formula is C15H9ClO. The van der Waals surface area contributed by atoms with Gasteiger partial charge in [0.15, 0.2) is 5.78 Å². The molecule has 0 aliphatic heterocycles. The summed E-state index contributed by atoms with van der Waals surface area (Å²) in [6, 6.07) is 2.77. The van der Waals surface area contributed by atoms with Crippen LogP contribution in [0.25, 0.3) is 5.57 Å². The van der Waals surface area contributed by atoms with Crippen molar-refractivity contribution in [1.82, 2.24) is 0 Å². The van der Waals surface area contributed by atoms with Gasteiger partial charge < -0.3 is 0 Å². The van der Waals surface area contributed by atoms with Gasteiger partial charge in [-0.3, -0.25) is 4.79 Å². The summed E-state index contributed by atoms with van der Waals surface area (Å²) in [4.78, 5) is 12.1. The van der Waals surface area contributed by atoms with Crippen molar-refractivity contribution in [3.63, 3.8) is 0 Å². The molecule has 3 rings (SSSR count). The second kappa shape index (κ2) is 3.86. The first-order chi connectivity index (χ1) is 10.3. The highest BCUT2D eigenvalue weighted by Crippen LogP contribution is 2.33. The van der Waals surface area contributed by atoms with Crippen LogP contribution in [0.3, 0.4) is 0 Å². The van der Waals surface area contributed by atoms with Crippen molar-refractivity contribution >= 4 is 23.0 Å². The van der Waals surface area contributed by atoms with Crippen LogP contribution in [0.4, 0.5) is 0 Å². The fraction of sp³-hybridized carbons (Fsp3) is 0. The zero-order valence-electron chi connectivity index (χ0n) is 13.6. The number of rotatable bonds is 1. The van der Waals surface area contributed by atoms with Gasteiger partial charge in [0.25, 0.3) is 0 Å². The first-order valence-electron chi connectivity index (χ1n) is 7.46. The van der Waals surface area contributed by atoms with Gasteiger partial charge in [0.1, 0.15) is 0 Å². The van der Waals surface area contributed by atoms with Crippen LogP contribution < -0.4 is 0 Å². The molecule has 0 atom stereocenters. The Kier molecular flexibility index (Phi) is 1.40. The van der Waals surface area contributed by atoms with Gasteiger partial charge in [0, 0.05) is 10.6 Å². The maximum atomic E-state index is 12.1. The molecule has 0 spiro atoms. The van der Waals surface area contributed by atoms with Crippen LogP contribution in [0.1, 0.15) is 28.3 Å². The molecular weight excluding hydrogens is 232 g/mol. The molecule has 0 aromatic heterocycles. The summed E-state index contributed by atoms with van der Waals surface area (Å²) in [5.74, 6) is -0.292. The highest BCUT2D eigenvalue weighted by atomic mass is 35.5. The van der Waals surface area contributed by atoms with Crippen molar-refractivity contribution in [2.75, 3.05) is 0 Å². The molecule has 2 aromatic carbocycles. The number of halogens is 1. The summed E-state index contributed by atoms with van der Waals surface area (Å²) in [6.45, 7) is 0. The lowest BCUT2D eigenvalue weighted by Gasteiger charge is -2.05. The minimum absolute atomic E-state index is 0.0282. The molecule has 82 valence electrons. The number of hydrogen-bond donors (Lipinski definition) is 0. The van der Waals surface area contributed by atoms with Gasteiger partial charge in [-0.25, -0.2) is 0 Å². The number of carbonyl (C=O) groups excluding carboxylic acids is 1. The molecule has 1 aliphatic rings. The Labute approximate surface area is 111 Å². The topological polar surface area (TPSA) is 17.1 Å². The van der Waals surface area contributed by atoms with Gasteiger partial charge in [-0.1, -0.05) is 47.9 Å². The van der Waals surface area contributed by atoms with Gasteiger partial charge in [-0.2, -0.15) is 0 Å². The number of carbonyl (C=O) groups is 1. The lowest BCUT2D eigenvalue weighted by atomic mass is 9.99. The van der Waals surface area contributed by atoms with Crippen LogP contribution >= 0.6 is 11.6 Å². The lowest BCUT2D eigenvalue weighted by Crippen LogP contribution is -1.91. The van der Waals surface area contributed by atoms with Gasteiger partial charge in [-0.05, 0) is 34.9 Å². The predicted molar refractivity (Wildman–Crippen MR) is 69.3 cm³/mol. The second-order valence-electron chi connectivity index (χ2n) is 3.61. The molecule has 0 heterocycles. The molecule has 2 aromatic rings. The Hall–Kier alpha value is -1.86. The molecule has 1 aliphatic carbocycles. The maximum absolute atomic E-state index is 12.1. The quantitative estimate of drug-likeness (QED) is 0.743. The Morgan fingerprint density at radius 2 is 1.82 bits per heavy atom. The van der Waals surface area contributed by atoms with Crippen molar-refractivity contribution in [1.29, 1.82) is 0 Å². The van der Waals surface area contributed by atoms with Crippen LogP contribution in [0.15, 0.2) is 54.5 Å². The van der Waals surface area contributed by atoms with Gasteiger partial charge in [0.05, 0.1) is 6.85 Å². The number of hydrogen-bond acceptors (Lipinski definition) is 1. The average Bonchev–Trinajstić information content (AvgIpc) is 2.80. The van der Waals surface area contributed by atoms with E-state index in [1.807, 2.05) is 0 Å². The monoisotopic (exact) mass is 245 g/mol. The van der Waals surface area contributed by atoms with Crippen LogP contribution in [0.2, 0.25) is 5.02 Å². The molecule has 0 fully saturated rings. The smallest absolute Gasteiger partial charge is 0.187 e. The number of benzene rings is 2. The predicted octanol–water partition coefficient (Wildman–Crippen LogP) is 3.97. The maximum Gasteiger partial charge on any atom is 0.187 e. The highest BCUT2D eigenvalue weighted by Gasteiger charge is 2.21. The van der Waals surface area contributed by atoms with Gasteiger partial charge >= 0.3 is 0 Å². The summed E-state index contributed by atoms with van der Waals surface area (Å²) < 4.78 is 39.1. The molecule has 0 bridgehead atoms. The van der Waals surface area contributed by atoms with E-state index in [0.29, 0.717) is 21.7 Å². The van der Waals surface area contributed by atoms with Crippen LogP contribution in [-0.4, -0.2) is 5.78 Å². The van der Waals surface area contributed by atoms with E-state index in [4.69, 9.17) is 18.5 Å². The molecule has 1 nitrogen and oxygen atoms in total. The average molecular weight is 246 g/mol. The Bertz CT molecular complexity index is 844. The van der Waals surface area contributed by atoms with Crippen LogP contribution in [0, 0.1) is 0 Å². The molecule has 0 saturated heterocycles. The Morgan fingerprint density at radius 1 is 1.06 bits per heavy atom. The number of fused-ring (bicyclic) bond motifs is 1. The molecule has 0 N–H and O–H groups in total. The van der Waals surface area contributed by atoms with E-state index >= 15 is 0 Å². The Morgan fingerprint density at radius 3 is 2.59 bits per heavy atom. The molecule has 0 amide bonds. The molecule has 17 heavy (non-hydrogen) atoms. The fourth-order valence-electron chi connectivity index (χ4n) is 1.83. The fourth-order valence-corrected chi connectivity index (χ4v) is 2.01. The highest BCUT2D eigenvalue weighted by molar-refractivity contribution is 6.31. The van der Waals surface area contributed by atoms with Crippen LogP contribution in [-0.2, 0) is 0 Å². The third-order valence-electron chi connectivity index (χ3n) is 2.58. The largest absolute Gasteiger partial charge is 0.289 e.